The molecule has 62 valence electrons. The molecular formula is C7H9F2NS. The Labute approximate surface area is 67.8 Å². The molecule has 0 aliphatic carbocycles. The number of nitrogens with two attached hydrogens (primary N) is 1. The predicted octanol–water partition coefficient (Wildman–Crippen LogP) is 2.40. The Balaban J connectivity index is 2.78. The fraction of sp³-hybridized carbons (Fsp3) is 0.429. The SMILES string of the molecule is CC(F)(F)C(N)c1cccs1. The van der Waals surface area contributed by atoms with Gasteiger partial charge in [-0.3, -0.25) is 0 Å². The van der Waals surface area contributed by atoms with Crippen LogP contribution in [-0.2, 0) is 0 Å². The van der Waals surface area contributed by atoms with Crippen molar-refractivity contribution in [3.8, 4) is 0 Å². The van der Waals surface area contributed by atoms with Crippen molar-refractivity contribution in [3.63, 3.8) is 0 Å². The van der Waals surface area contributed by atoms with Gasteiger partial charge >= 0.3 is 0 Å². The number of thiophene rings is 1. The van der Waals surface area contributed by atoms with Crippen molar-refractivity contribution in [2.45, 2.75) is 18.9 Å². The molecule has 1 atom stereocenters. The second-order valence-corrected chi connectivity index (χ2v) is 3.43. The van der Waals surface area contributed by atoms with Gasteiger partial charge in [-0.15, -0.1) is 11.3 Å². The molecule has 4 heteroatoms. The highest BCUT2D eigenvalue weighted by molar-refractivity contribution is 7.10. The Bertz CT molecular complexity index is 215. The Hall–Kier alpha value is -0.480. The summed E-state index contributed by atoms with van der Waals surface area (Å²) < 4.78 is 25.1. The van der Waals surface area contributed by atoms with E-state index >= 15 is 0 Å². The third kappa shape index (κ3) is 1.97. The first-order valence-electron chi connectivity index (χ1n) is 3.18. The number of hydrogen-bond donors (Lipinski definition) is 1. The van der Waals surface area contributed by atoms with Crippen molar-refractivity contribution in [2.24, 2.45) is 5.73 Å². The van der Waals surface area contributed by atoms with Gasteiger partial charge in [0, 0.05) is 11.8 Å². The van der Waals surface area contributed by atoms with Crippen LogP contribution in [0.15, 0.2) is 17.5 Å². The van der Waals surface area contributed by atoms with E-state index < -0.39 is 12.0 Å². The lowest BCUT2D eigenvalue weighted by molar-refractivity contribution is -0.00511. The lowest BCUT2D eigenvalue weighted by Gasteiger charge is -2.17. The van der Waals surface area contributed by atoms with Crippen molar-refractivity contribution in [1.29, 1.82) is 0 Å². The maximum Gasteiger partial charge on any atom is 0.265 e. The number of halogens is 2. The molecule has 0 saturated carbocycles. The average molecular weight is 177 g/mol. The van der Waals surface area contributed by atoms with Crippen LogP contribution in [0, 0.1) is 0 Å². The molecule has 11 heavy (non-hydrogen) atoms. The fourth-order valence-electron chi connectivity index (χ4n) is 0.718. The van der Waals surface area contributed by atoms with E-state index in [1.54, 1.807) is 17.5 Å². The summed E-state index contributed by atoms with van der Waals surface area (Å²) in [6.07, 6.45) is 0. The second-order valence-electron chi connectivity index (χ2n) is 2.45. The summed E-state index contributed by atoms with van der Waals surface area (Å²) in [5, 5.41) is 1.74. The molecule has 0 fully saturated rings. The zero-order valence-electron chi connectivity index (χ0n) is 6.05. The first-order valence-corrected chi connectivity index (χ1v) is 4.06. The maximum absolute atomic E-state index is 12.6. The summed E-state index contributed by atoms with van der Waals surface area (Å²) in [6, 6.07) is 2.17. The minimum Gasteiger partial charge on any atom is -0.318 e. The quantitative estimate of drug-likeness (QED) is 0.737. The molecule has 1 aromatic heterocycles. The van der Waals surface area contributed by atoms with E-state index in [-0.39, 0.29) is 0 Å². The van der Waals surface area contributed by atoms with Crippen LogP contribution >= 0.6 is 11.3 Å². The van der Waals surface area contributed by atoms with E-state index in [1.165, 1.54) is 11.3 Å². The van der Waals surface area contributed by atoms with Crippen LogP contribution < -0.4 is 5.73 Å². The van der Waals surface area contributed by atoms with Gasteiger partial charge in [0.2, 0.25) is 0 Å². The molecule has 0 amide bonds. The molecule has 0 aliphatic heterocycles. The van der Waals surface area contributed by atoms with E-state index in [9.17, 15) is 8.78 Å². The number of hydrogen-bond acceptors (Lipinski definition) is 2. The van der Waals surface area contributed by atoms with Crippen LogP contribution in [0.1, 0.15) is 17.8 Å². The highest BCUT2D eigenvalue weighted by atomic mass is 32.1. The van der Waals surface area contributed by atoms with Gasteiger partial charge < -0.3 is 5.73 Å². The van der Waals surface area contributed by atoms with E-state index in [1.807, 2.05) is 0 Å². The molecule has 0 radical (unpaired) electrons. The largest absolute Gasteiger partial charge is 0.318 e. The minimum absolute atomic E-state index is 0.525. The molecule has 1 heterocycles. The molecule has 0 saturated heterocycles. The molecule has 1 unspecified atom stereocenters. The highest BCUT2D eigenvalue weighted by Gasteiger charge is 2.32. The number of alkyl halides is 2. The van der Waals surface area contributed by atoms with Crippen LogP contribution in [0.25, 0.3) is 0 Å². The van der Waals surface area contributed by atoms with Gasteiger partial charge in [0.1, 0.15) is 6.04 Å². The van der Waals surface area contributed by atoms with Crippen LogP contribution in [-0.4, -0.2) is 5.92 Å². The van der Waals surface area contributed by atoms with Gasteiger partial charge in [-0.2, -0.15) is 0 Å². The number of rotatable bonds is 2. The first kappa shape index (κ1) is 8.62. The maximum atomic E-state index is 12.6. The normalized spacial score (nSPS) is 14.9. The molecule has 1 aromatic rings. The Kier molecular flexibility index (Phi) is 2.25. The standard InChI is InChI=1S/C7H9F2NS/c1-7(8,9)6(10)5-3-2-4-11-5/h2-4,6H,10H2,1H3. The van der Waals surface area contributed by atoms with Crippen molar-refractivity contribution in [3.05, 3.63) is 22.4 Å². The van der Waals surface area contributed by atoms with E-state index in [4.69, 9.17) is 5.73 Å². The third-order valence-electron chi connectivity index (χ3n) is 1.40. The average Bonchev–Trinajstić information content (AvgIpc) is 2.34. The Morgan fingerprint density at radius 2 is 2.27 bits per heavy atom. The van der Waals surface area contributed by atoms with E-state index in [0.717, 1.165) is 6.92 Å². The summed E-state index contributed by atoms with van der Waals surface area (Å²) in [5.41, 5.74) is 5.28. The molecule has 1 nitrogen and oxygen atoms in total. The van der Waals surface area contributed by atoms with Crippen molar-refractivity contribution >= 4 is 11.3 Å². The zero-order valence-corrected chi connectivity index (χ0v) is 6.87. The van der Waals surface area contributed by atoms with Gasteiger partial charge in [0.25, 0.3) is 5.92 Å². The van der Waals surface area contributed by atoms with Gasteiger partial charge in [-0.1, -0.05) is 6.07 Å². The molecule has 0 bridgehead atoms. The van der Waals surface area contributed by atoms with Crippen molar-refractivity contribution in [2.75, 3.05) is 0 Å². The third-order valence-corrected chi connectivity index (χ3v) is 2.35. The molecule has 0 aromatic carbocycles. The molecule has 0 spiro atoms. The minimum atomic E-state index is -2.83. The topological polar surface area (TPSA) is 26.0 Å². The smallest absolute Gasteiger partial charge is 0.265 e. The van der Waals surface area contributed by atoms with Crippen molar-refractivity contribution in [1.82, 2.24) is 0 Å². The summed E-state index contributed by atoms with van der Waals surface area (Å²) in [7, 11) is 0. The highest BCUT2D eigenvalue weighted by Crippen LogP contribution is 2.30. The second kappa shape index (κ2) is 2.87. The van der Waals surface area contributed by atoms with Gasteiger partial charge in [0.05, 0.1) is 0 Å². The first-order chi connectivity index (χ1) is 5.02. The Morgan fingerprint density at radius 3 is 2.64 bits per heavy atom. The predicted molar refractivity (Wildman–Crippen MR) is 41.9 cm³/mol. The summed E-state index contributed by atoms with van der Waals surface area (Å²) in [5.74, 6) is -2.83. The fourth-order valence-corrected chi connectivity index (χ4v) is 1.54. The molecule has 2 N–H and O–H groups in total. The van der Waals surface area contributed by atoms with Crippen molar-refractivity contribution < 1.29 is 8.78 Å². The molecule has 0 aliphatic rings. The van der Waals surface area contributed by atoms with Crippen LogP contribution in [0.4, 0.5) is 8.78 Å². The van der Waals surface area contributed by atoms with E-state index in [0.29, 0.717) is 4.88 Å². The molecule has 1 rings (SSSR count). The molecular weight excluding hydrogens is 168 g/mol. The lowest BCUT2D eigenvalue weighted by atomic mass is 10.1. The van der Waals surface area contributed by atoms with Crippen LogP contribution in [0.2, 0.25) is 0 Å². The summed E-state index contributed by atoms with van der Waals surface area (Å²) in [6.45, 7) is 0.831. The summed E-state index contributed by atoms with van der Waals surface area (Å²) >= 11 is 1.25. The van der Waals surface area contributed by atoms with Gasteiger partial charge in [-0.25, -0.2) is 8.78 Å². The van der Waals surface area contributed by atoms with Crippen LogP contribution in [0.3, 0.4) is 0 Å². The van der Waals surface area contributed by atoms with E-state index in [2.05, 4.69) is 0 Å². The van der Waals surface area contributed by atoms with Crippen LogP contribution in [0.5, 0.6) is 0 Å². The van der Waals surface area contributed by atoms with Gasteiger partial charge in [-0.05, 0) is 11.4 Å². The monoisotopic (exact) mass is 177 g/mol. The Morgan fingerprint density at radius 1 is 1.64 bits per heavy atom. The summed E-state index contributed by atoms with van der Waals surface area (Å²) in [4.78, 5) is 0.525. The lowest BCUT2D eigenvalue weighted by Crippen LogP contribution is -2.28. The zero-order chi connectivity index (χ0) is 8.48. The van der Waals surface area contributed by atoms with Gasteiger partial charge in [0.15, 0.2) is 0 Å².